The molecule has 8 nitrogen and oxygen atoms in total. The Kier molecular flexibility index (Phi) is 4.58. The maximum absolute atomic E-state index is 12.1. The van der Waals surface area contributed by atoms with E-state index in [2.05, 4.69) is 41.2 Å². The predicted octanol–water partition coefficient (Wildman–Crippen LogP) is 3.05. The molecule has 1 unspecified atom stereocenters. The number of esters is 1. The highest BCUT2D eigenvalue weighted by Crippen LogP contribution is 2.22. The number of hydrogen-bond donors (Lipinski definition) is 2. The van der Waals surface area contributed by atoms with E-state index in [1.807, 2.05) is 6.07 Å². The standard InChI is InChI=1S/C14H12BrN5O3S/c1-6(11-18-9-3-8(15)4-16-12(9)20-11)23-13(22)10-5-24-14(19-10)17-7(2)21/h3-6H,1-2H3,(H,16,18,20)(H,17,19,21). The van der Waals surface area contributed by atoms with Crippen molar-refractivity contribution in [2.24, 2.45) is 0 Å². The molecule has 0 bridgehead atoms. The lowest BCUT2D eigenvalue weighted by atomic mass is 10.4. The smallest absolute Gasteiger partial charge is 0.358 e. The van der Waals surface area contributed by atoms with Gasteiger partial charge in [-0.3, -0.25) is 4.79 Å². The number of fused-ring (bicyclic) bond motifs is 1. The number of halogens is 1. The average Bonchev–Trinajstić information content (AvgIpc) is 3.12. The number of anilines is 1. The molecule has 0 aliphatic carbocycles. The highest BCUT2D eigenvalue weighted by atomic mass is 79.9. The van der Waals surface area contributed by atoms with E-state index in [4.69, 9.17) is 4.74 Å². The maximum Gasteiger partial charge on any atom is 0.358 e. The number of carbonyl (C=O) groups is 2. The first-order chi connectivity index (χ1) is 11.4. The second kappa shape index (κ2) is 6.65. The van der Waals surface area contributed by atoms with E-state index in [-0.39, 0.29) is 11.6 Å². The zero-order valence-corrected chi connectivity index (χ0v) is 15.1. The van der Waals surface area contributed by atoms with E-state index in [0.29, 0.717) is 16.6 Å². The summed E-state index contributed by atoms with van der Waals surface area (Å²) < 4.78 is 6.18. The van der Waals surface area contributed by atoms with Crippen molar-refractivity contribution in [2.45, 2.75) is 20.0 Å². The molecule has 1 atom stereocenters. The van der Waals surface area contributed by atoms with Gasteiger partial charge in [0.1, 0.15) is 5.82 Å². The van der Waals surface area contributed by atoms with E-state index >= 15 is 0 Å². The number of H-pyrrole nitrogens is 1. The fourth-order valence-corrected chi connectivity index (χ4v) is 3.00. The van der Waals surface area contributed by atoms with Crippen LogP contribution in [0.25, 0.3) is 11.2 Å². The topological polar surface area (TPSA) is 110 Å². The molecule has 3 aromatic rings. The Bertz CT molecular complexity index is 922. The molecule has 3 rings (SSSR count). The Morgan fingerprint density at radius 1 is 1.42 bits per heavy atom. The second-order valence-electron chi connectivity index (χ2n) is 4.91. The highest BCUT2D eigenvalue weighted by Gasteiger charge is 2.19. The third kappa shape index (κ3) is 3.60. The van der Waals surface area contributed by atoms with Gasteiger partial charge < -0.3 is 15.0 Å². The number of carbonyl (C=O) groups excluding carboxylic acids is 2. The first-order valence-electron chi connectivity index (χ1n) is 6.87. The molecule has 3 aromatic heterocycles. The van der Waals surface area contributed by atoms with E-state index in [1.54, 1.807) is 13.1 Å². The van der Waals surface area contributed by atoms with Crippen molar-refractivity contribution in [3.63, 3.8) is 0 Å². The van der Waals surface area contributed by atoms with Crippen LogP contribution in [-0.2, 0) is 9.53 Å². The van der Waals surface area contributed by atoms with Gasteiger partial charge >= 0.3 is 5.97 Å². The number of ether oxygens (including phenoxy) is 1. The van der Waals surface area contributed by atoms with Crippen LogP contribution in [0, 0.1) is 0 Å². The van der Waals surface area contributed by atoms with Crippen LogP contribution in [0.4, 0.5) is 5.13 Å². The summed E-state index contributed by atoms with van der Waals surface area (Å²) in [6.45, 7) is 3.07. The molecule has 10 heteroatoms. The molecule has 0 spiro atoms. The number of nitrogens with zero attached hydrogens (tertiary/aromatic N) is 3. The molecule has 0 aliphatic rings. The van der Waals surface area contributed by atoms with Crippen molar-refractivity contribution in [3.05, 3.63) is 33.6 Å². The van der Waals surface area contributed by atoms with Gasteiger partial charge in [0, 0.05) is 23.0 Å². The Hall–Kier alpha value is -2.33. The number of thiazole rings is 1. The molecule has 0 aromatic carbocycles. The summed E-state index contributed by atoms with van der Waals surface area (Å²) in [6, 6.07) is 1.84. The third-order valence-electron chi connectivity index (χ3n) is 2.99. The lowest BCUT2D eigenvalue weighted by molar-refractivity contribution is -0.114. The molecule has 0 aliphatic heterocycles. The van der Waals surface area contributed by atoms with Crippen molar-refractivity contribution >= 4 is 55.4 Å². The summed E-state index contributed by atoms with van der Waals surface area (Å²) in [5.74, 6) is -0.357. The highest BCUT2D eigenvalue weighted by molar-refractivity contribution is 9.10. The lowest BCUT2D eigenvalue weighted by Crippen LogP contribution is -2.11. The van der Waals surface area contributed by atoms with Crippen LogP contribution in [0.3, 0.4) is 0 Å². The number of aromatic nitrogens is 4. The van der Waals surface area contributed by atoms with Gasteiger partial charge in [0.15, 0.2) is 22.6 Å². The molecule has 0 saturated carbocycles. The molecular weight excluding hydrogens is 398 g/mol. The molecular formula is C14H12BrN5O3S. The minimum absolute atomic E-state index is 0.132. The van der Waals surface area contributed by atoms with Crippen LogP contribution in [0.5, 0.6) is 0 Å². The van der Waals surface area contributed by atoms with Gasteiger partial charge in [0.25, 0.3) is 0 Å². The van der Waals surface area contributed by atoms with Gasteiger partial charge in [-0.15, -0.1) is 11.3 Å². The minimum Gasteiger partial charge on any atom is -0.450 e. The fourth-order valence-electron chi connectivity index (χ4n) is 1.94. The van der Waals surface area contributed by atoms with Gasteiger partial charge in [-0.25, -0.2) is 19.7 Å². The molecule has 24 heavy (non-hydrogen) atoms. The van der Waals surface area contributed by atoms with Crippen LogP contribution in [-0.4, -0.2) is 31.8 Å². The van der Waals surface area contributed by atoms with Crippen molar-refractivity contribution in [1.82, 2.24) is 19.9 Å². The predicted molar refractivity (Wildman–Crippen MR) is 91.8 cm³/mol. The van der Waals surface area contributed by atoms with Crippen LogP contribution < -0.4 is 5.32 Å². The van der Waals surface area contributed by atoms with Gasteiger partial charge in [0.05, 0.1) is 5.52 Å². The Balaban J connectivity index is 1.72. The number of nitrogens with one attached hydrogen (secondary N) is 2. The normalized spacial score (nSPS) is 12.1. The summed E-state index contributed by atoms with van der Waals surface area (Å²) in [6.07, 6.45) is 1.04. The molecule has 124 valence electrons. The quantitative estimate of drug-likeness (QED) is 0.640. The number of imidazole rings is 1. The first-order valence-corrected chi connectivity index (χ1v) is 8.55. The number of amides is 1. The maximum atomic E-state index is 12.1. The Morgan fingerprint density at radius 2 is 2.21 bits per heavy atom. The van der Waals surface area contributed by atoms with E-state index < -0.39 is 12.1 Å². The summed E-state index contributed by atoms with van der Waals surface area (Å²) in [5.41, 5.74) is 1.41. The van der Waals surface area contributed by atoms with Gasteiger partial charge in [0.2, 0.25) is 5.91 Å². The van der Waals surface area contributed by atoms with Gasteiger partial charge in [-0.1, -0.05) is 0 Å². The zero-order valence-electron chi connectivity index (χ0n) is 12.7. The molecule has 0 fully saturated rings. The number of rotatable bonds is 4. The van der Waals surface area contributed by atoms with Crippen molar-refractivity contribution < 1.29 is 14.3 Å². The summed E-state index contributed by atoms with van der Waals surface area (Å²) >= 11 is 4.49. The minimum atomic E-state index is -0.601. The van der Waals surface area contributed by atoms with Crippen LogP contribution in [0.2, 0.25) is 0 Å². The van der Waals surface area contributed by atoms with Crippen LogP contribution in [0.1, 0.15) is 36.3 Å². The summed E-state index contributed by atoms with van der Waals surface area (Å²) in [4.78, 5) is 38.7. The number of hydrogen-bond acceptors (Lipinski definition) is 7. The Morgan fingerprint density at radius 3 is 2.96 bits per heavy atom. The van der Waals surface area contributed by atoms with E-state index in [9.17, 15) is 9.59 Å². The molecule has 1 amide bonds. The Labute approximate surface area is 148 Å². The molecule has 2 N–H and O–H groups in total. The number of pyridine rings is 1. The molecule has 0 radical (unpaired) electrons. The summed E-state index contributed by atoms with van der Waals surface area (Å²) in [5, 5.41) is 4.39. The second-order valence-corrected chi connectivity index (χ2v) is 6.69. The van der Waals surface area contributed by atoms with Gasteiger partial charge in [-0.05, 0) is 28.9 Å². The monoisotopic (exact) mass is 409 g/mol. The van der Waals surface area contributed by atoms with E-state index in [0.717, 1.165) is 21.3 Å². The van der Waals surface area contributed by atoms with Crippen LogP contribution in [0.15, 0.2) is 22.1 Å². The van der Waals surface area contributed by atoms with Crippen molar-refractivity contribution in [3.8, 4) is 0 Å². The number of aromatic amines is 1. The third-order valence-corrected chi connectivity index (χ3v) is 4.18. The molecule has 3 heterocycles. The average molecular weight is 410 g/mol. The zero-order chi connectivity index (χ0) is 17.3. The van der Waals surface area contributed by atoms with Crippen molar-refractivity contribution in [2.75, 3.05) is 5.32 Å². The fraction of sp³-hybridized carbons (Fsp3) is 0.214. The van der Waals surface area contributed by atoms with E-state index in [1.165, 1.54) is 12.3 Å². The lowest BCUT2D eigenvalue weighted by Gasteiger charge is -2.09. The summed E-state index contributed by atoms with van der Waals surface area (Å²) in [7, 11) is 0. The van der Waals surface area contributed by atoms with Crippen molar-refractivity contribution in [1.29, 1.82) is 0 Å². The van der Waals surface area contributed by atoms with Crippen LogP contribution >= 0.6 is 27.3 Å². The largest absolute Gasteiger partial charge is 0.450 e. The first kappa shape index (κ1) is 16.5. The molecule has 0 saturated heterocycles. The SMILES string of the molecule is CC(=O)Nc1nc(C(=O)OC(C)c2nc3ncc(Br)cc3[nH]2)cs1. The van der Waals surface area contributed by atoms with Gasteiger partial charge in [-0.2, -0.15) is 0 Å².